The number of hydrogen-bond acceptors (Lipinski definition) is 3. The van der Waals surface area contributed by atoms with Crippen LogP contribution in [0.25, 0.3) is 0 Å². The number of likely N-dealkylation sites (N-methyl/N-ethyl adjacent to an activating group) is 1. The van der Waals surface area contributed by atoms with E-state index < -0.39 is 0 Å². The molecule has 19 heavy (non-hydrogen) atoms. The summed E-state index contributed by atoms with van der Waals surface area (Å²) in [7, 11) is 1.88. The second kappa shape index (κ2) is 6.06. The van der Waals surface area contributed by atoms with Crippen molar-refractivity contribution in [2.45, 2.75) is 32.4 Å². The number of benzene rings is 1. The molecule has 1 aliphatic heterocycles. The van der Waals surface area contributed by atoms with Crippen molar-refractivity contribution in [1.82, 2.24) is 10.6 Å². The maximum atomic E-state index is 12.1. The Labute approximate surface area is 115 Å². The summed E-state index contributed by atoms with van der Waals surface area (Å²) in [6, 6.07) is 8.58. The zero-order chi connectivity index (χ0) is 13.8. The zero-order valence-corrected chi connectivity index (χ0v) is 11.9. The van der Waals surface area contributed by atoms with Crippen LogP contribution in [-0.2, 0) is 11.2 Å². The molecule has 2 atom stereocenters. The minimum absolute atomic E-state index is 0.104. The maximum absolute atomic E-state index is 12.1. The fourth-order valence-corrected chi connectivity index (χ4v) is 2.55. The molecule has 0 saturated carbocycles. The van der Waals surface area contributed by atoms with Gasteiger partial charge in [-0.05, 0) is 38.1 Å². The second-order valence-corrected chi connectivity index (χ2v) is 5.16. The van der Waals surface area contributed by atoms with E-state index in [4.69, 9.17) is 0 Å². The van der Waals surface area contributed by atoms with Crippen LogP contribution in [0.15, 0.2) is 24.3 Å². The predicted molar refractivity (Wildman–Crippen MR) is 78.5 cm³/mol. The molecular formula is C15H23N3O. The highest BCUT2D eigenvalue weighted by molar-refractivity contribution is 5.87. The molecule has 1 aromatic carbocycles. The average Bonchev–Trinajstić information content (AvgIpc) is 2.42. The normalized spacial score (nSPS) is 23.3. The van der Waals surface area contributed by atoms with Crippen LogP contribution in [0.3, 0.4) is 0 Å². The van der Waals surface area contributed by atoms with E-state index in [0.29, 0.717) is 6.54 Å². The molecule has 104 valence electrons. The van der Waals surface area contributed by atoms with Crippen LogP contribution < -0.4 is 15.5 Å². The number of carbonyl (C=O) groups is 1. The summed E-state index contributed by atoms with van der Waals surface area (Å²) in [5.74, 6) is 0.104. The van der Waals surface area contributed by atoms with E-state index in [9.17, 15) is 4.79 Å². The quantitative estimate of drug-likeness (QED) is 0.855. The van der Waals surface area contributed by atoms with Gasteiger partial charge in [0.15, 0.2) is 0 Å². The molecule has 1 aliphatic rings. The molecule has 0 aromatic heterocycles. The third kappa shape index (κ3) is 3.07. The molecule has 2 rings (SSSR count). The summed E-state index contributed by atoms with van der Waals surface area (Å²) < 4.78 is 0. The monoisotopic (exact) mass is 261 g/mol. The number of aryl methyl sites for hydroxylation is 1. The number of anilines is 1. The smallest absolute Gasteiger partial charge is 0.244 e. The van der Waals surface area contributed by atoms with Crippen molar-refractivity contribution in [3.63, 3.8) is 0 Å². The van der Waals surface area contributed by atoms with Gasteiger partial charge in [0.05, 0.1) is 0 Å². The second-order valence-electron chi connectivity index (χ2n) is 5.16. The molecule has 2 unspecified atom stereocenters. The minimum Gasteiger partial charge on any atom is -0.356 e. The molecule has 1 fully saturated rings. The van der Waals surface area contributed by atoms with Gasteiger partial charge in [0.1, 0.15) is 6.04 Å². The molecular weight excluding hydrogens is 238 g/mol. The molecule has 2 N–H and O–H groups in total. The highest BCUT2D eigenvalue weighted by Crippen LogP contribution is 2.21. The largest absolute Gasteiger partial charge is 0.356 e. The van der Waals surface area contributed by atoms with Crippen LogP contribution in [0, 0.1) is 0 Å². The van der Waals surface area contributed by atoms with Crippen LogP contribution in [0.5, 0.6) is 0 Å². The summed E-state index contributed by atoms with van der Waals surface area (Å²) in [6.07, 6.45) is 1.04. The van der Waals surface area contributed by atoms with E-state index in [1.165, 1.54) is 5.56 Å². The molecule has 0 bridgehead atoms. The number of carbonyl (C=O) groups excluding carboxylic acids is 1. The molecule has 4 heteroatoms. The van der Waals surface area contributed by atoms with Gasteiger partial charge in [0, 0.05) is 24.8 Å². The summed E-state index contributed by atoms with van der Waals surface area (Å²) in [5.41, 5.74) is 2.45. The molecule has 1 aromatic rings. The van der Waals surface area contributed by atoms with Crippen molar-refractivity contribution in [2.75, 3.05) is 25.0 Å². The highest BCUT2D eigenvalue weighted by Gasteiger charge is 2.32. The van der Waals surface area contributed by atoms with Crippen molar-refractivity contribution < 1.29 is 4.79 Å². The average molecular weight is 261 g/mol. The van der Waals surface area contributed by atoms with E-state index in [1.807, 2.05) is 14.0 Å². The molecule has 0 radical (unpaired) electrons. The van der Waals surface area contributed by atoms with Gasteiger partial charge >= 0.3 is 0 Å². The van der Waals surface area contributed by atoms with Gasteiger partial charge in [-0.3, -0.25) is 4.79 Å². The Hall–Kier alpha value is -1.55. The van der Waals surface area contributed by atoms with Crippen LogP contribution >= 0.6 is 0 Å². The summed E-state index contributed by atoms with van der Waals surface area (Å²) in [6.45, 7) is 5.70. The fourth-order valence-electron chi connectivity index (χ4n) is 2.55. The molecule has 4 nitrogen and oxygen atoms in total. The number of nitrogens with zero attached hydrogens (tertiary/aromatic N) is 1. The number of nitrogens with one attached hydrogen (secondary N) is 2. The van der Waals surface area contributed by atoms with Gasteiger partial charge in [-0.2, -0.15) is 0 Å². The van der Waals surface area contributed by atoms with E-state index in [0.717, 1.165) is 18.7 Å². The Morgan fingerprint density at radius 2 is 2.05 bits per heavy atom. The Morgan fingerprint density at radius 3 is 2.63 bits per heavy atom. The first kappa shape index (κ1) is 13.9. The molecule has 0 aliphatic carbocycles. The molecule has 1 saturated heterocycles. The first-order valence-corrected chi connectivity index (χ1v) is 6.96. The molecule has 1 amide bonds. The van der Waals surface area contributed by atoms with Gasteiger partial charge in [-0.1, -0.05) is 19.1 Å². The van der Waals surface area contributed by atoms with Crippen LogP contribution in [0.4, 0.5) is 5.69 Å². The van der Waals surface area contributed by atoms with Crippen molar-refractivity contribution in [2.24, 2.45) is 0 Å². The van der Waals surface area contributed by atoms with Crippen molar-refractivity contribution in [3.05, 3.63) is 29.8 Å². The van der Waals surface area contributed by atoms with Gasteiger partial charge < -0.3 is 15.5 Å². The highest BCUT2D eigenvalue weighted by atomic mass is 16.2. The van der Waals surface area contributed by atoms with Gasteiger partial charge in [0.2, 0.25) is 5.91 Å². The fraction of sp³-hybridized carbons (Fsp3) is 0.533. The third-order valence-corrected chi connectivity index (χ3v) is 3.61. The topological polar surface area (TPSA) is 44.4 Å². The summed E-state index contributed by atoms with van der Waals surface area (Å²) >= 11 is 0. The third-order valence-electron chi connectivity index (χ3n) is 3.61. The van der Waals surface area contributed by atoms with E-state index in [2.05, 4.69) is 46.7 Å². The lowest BCUT2D eigenvalue weighted by Crippen LogP contribution is -2.62. The SMILES string of the molecule is CCc1ccc(N2CC(C)NC(=O)C2CNC)cc1. The number of hydrogen-bond donors (Lipinski definition) is 2. The van der Waals surface area contributed by atoms with Crippen molar-refractivity contribution in [1.29, 1.82) is 0 Å². The minimum atomic E-state index is -0.131. The van der Waals surface area contributed by atoms with Gasteiger partial charge in [-0.15, -0.1) is 0 Å². The van der Waals surface area contributed by atoms with Crippen LogP contribution in [-0.4, -0.2) is 38.1 Å². The molecule has 1 heterocycles. The Bertz CT molecular complexity index is 430. The first-order valence-electron chi connectivity index (χ1n) is 6.96. The van der Waals surface area contributed by atoms with Gasteiger partial charge in [0.25, 0.3) is 0 Å². The lowest BCUT2D eigenvalue weighted by molar-refractivity contribution is -0.124. The van der Waals surface area contributed by atoms with Crippen molar-refractivity contribution in [3.8, 4) is 0 Å². The molecule has 0 spiro atoms. The van der Waals surface area contributed by atoms with Crippen LogP contribution in [0.2, 0.25) is 0 Å². The van der Waals surface area contributed by atoms with E-state index in [-0.39, 0.29) is 18.0 Å². The zero-order valence-electron chi connectivity index (χ0n) is 11.9. The van der Waals surface area contributed by atoms with E-state index in [1.54, 1.807) is 0 Å². The summed E-state index contributed by atoms with van der Waals surface area (Å²) in [4.78, 5) is 14.3. The lowest BCUT2D eigenvalue weighted by atomic mass is 10.1. The van der Waals surface area contributed by atoms with Crippen molar-refractivity contribution >= 4 is 11.6 Å². The van der Waals surface area contributed by atoms with E-state index >= 15 is 0 Å². The standard InChI is InChI=1S/C15H23N3O/c1-4-12-5-7-13(8-6-12)18-10-11(2)17-15(19)14(18)9-16-3/h5-8,11,14,16H,4,9-10H2,1-3H3,(H,17,19). The number of amides is 1. The van der Waals surface area contributed by atoms with Crippen LogP contribution in [0.1, 0.15) is 19.4 Å². The lowest BCUT2D eigenvalue weighted by Gasteiger charge is -2.39. The predicted octanol–water partition coefficient (Wildman–Crippen LogP) is 1.16. The Morgan fingerprint density at radius 1 is 1.37 bits per heavy atom. The number of piperazine rings is 1. The first-order chi connectivity index (χ1) is 9.15. The number of rotatable bonds is 4. The Kier molecular flexibility index (Phi) is 4.43. The van der Waals surface area contributed by atoms with Gasteiger partial charge in [-0.25, -0.2) is 0 Å². The maximum Gasteiger partial charge on any atom is 0.244 e. The Balaban J connectivity index is 2.23. The summed E-state index contributed by atoms with van der Waals surface area (Å²) in [5, 5.41) is 6.12.